The Labute approximate surface area is 186 Å². The van der Waals surface area contributed by atoms with Crippen LogP contribution in [0.25, 0.3) is 11.0 Å². The van der Waals surface area contributed by atoms with Gasteiger partial charge in [0.1, 0.15) is 0 Å². The maximum atomic E-state index is 13.2. The van der Waals surface area contributed by atoms with Crippen molar-refractivity contribution in [2.24, 2.45) is 13.0 Å². The molecule has 2 unspecified atom stereocenters. The highest BCUT2D eigenvalue weighted by Gasteiger charge is 2.25. The number of aryl methyl sites for hydroxylation is 1. The van der Waals surface area contributed by atoms with E-state index in [1.807, 2.05) is 16.2 Å². The summed E-state index contributed by atoms with van der Waals surface area (Å²) in [5.74, 6) is 0.534. The minimum atomic E-state index is 0.0195. The molecule has 2 atom stereocenters. The van der Waals surface area contributed by atoms with E-state index in [2.05, 4.69) is 38.6 Å². The van der Waals surface area contributed by atoms with Crippen LogP contribution < -0.4 is 21.2 Å². The van der Waals surface area contributed by atoms with Crippen molar-refractivity contribution in [3.63, 3.8) is 0 Å². The average molecular weight is 428 g/mol. The molecule has 170 valence electrons. The largest absolute Gasteiger partial charge is 0.367 e. The minimum absolute atomic E-state index is 0.0195. The van der Waals surface area contributed by atoms with Crippen LogP contribution in [0.4, 0.5) is 5.69 Å². The van der Waals surface area contributed by atoms with Crippen LogP contribution >= 0.6 is 0 Å². The highest BCUT2D eigenvalue weighted by molar-refractivity contribution is 5.90. The van der Waals surface area contributed by atoms with E-state index in [1.165, 1.54) is 5.69 Å². The zero-order valence-corrected chi connectivity index (χ0v) is 18.9. The van der Waals surface area contributed by atoms with Gasteiger partial charge in [0.15, 0.2) is 0 Å². The van der Waals surface area contributed by atoms with Gasteiger partial charge in [0.05, 0.1) is 22.8 Å². The first-order chi connectivity index (χ1) is 15.6. The van der Waals surface area contributed by atoms with E-state index in [9.17, 15) is 4.79 Å². The van der Waals surface area contributed by atoms with E-state index >= 15 is 0 Å². The number of aromatic nitrogens is 2. The number of piperazine rings is 1. The lowest BCUT2D eigenvalue weighted by molar-refractivity contribution is 0.224. The minimum Gasteiger partial charge on any atom is -0.367 e. The number of imidazole rings is 1. The SMILES string of the molecule is [2H]C(CN1CCN(c2cccc3c2n(C)c(=O)n3C2CCCNC2)CC1)C1CCNCC1. The maximum absolute atomic E-state index is 13.2. The Morgan fingerprint density at radius 1 is 1.06 bits per heavy atom. The molecule has 7 heteroatoms. The second-order valence-electron chi connectivity index (χ2n) is 9.47. The number of para-hydroxylation sites is 1. The van der Waals surface area contributed by atoms with Gasteiger partial charge >= 0.3 is 5.69 Å². The smallest absolute Gasteiger partial charge is 0.329 e. The third-order valence-electron chi connectivity index (χ3n) is 7.51. The van der Waals surface area contributed by atoms with Crippen LogP contribution in [0.2, 0.25) is 0 Å². The molecule has 3 saturated heterocycles. The van der Waals surface area contributed by atoms with Crippen molar-refractivity contribution in [1.29, 1.82) is 0 Å². The van der Waals surface area contributed by atoms with Crippen molar-refractivity contribution in [3.05, 3.63) is 28.7 Å². The Kier molecular flexibility index (Phi) is 5.98. The number of rotatable bonds is 5. The summed E-state index contributed by atoms with van der Waals surface area (Å²) in [6, 6.07) is 6.61. The predicted octanol–water partition coefficient (Wildman–Crippen LogP) is 1.78. The van der Waals surface area contributed by atoms with Crippen LogP contribution in [0.1, 0.15) is 39.5 Å². The van der Waals surface area contributed by atoms with Crippen molar-refractivity contribution in [2.75, 3.05) is 63.8 Å². The molecule has 3 fully saturated rings. The highest BCUT2D eigenvalue weighted by Crippen LogP contribution is 2.30. The Bertz CT molecular complexity index is 967. The molecule has 5 rings (SSSR count). The van der Waals surface area contributed by atoms with Gasteiger partial charge in [0.2, 0.25) is 0 Å². The predicted molar refractivity (Wildman–Crippen MR) is 127 cm³/mol. The molecule has 2 aromatic rings. The summed E-state index contributed by atoms with van der Waals surface area (Å²) >= 11 is 0. The monoisotopic (exact) mass is 427 g/mol. The maximum Gasteiger partial charge on any atom is 0.329 e. The molecule has 0 bridgehead atoms. The molecule has 3 aliphatic heterocycles. The Morgan fingerprint density at radius 3 is 2.61 bits per heavy atom. The van der Waals surface area contributed by atoms with E-state index in [1.54, 1.807) is 0 Å². The van der Waals surface area contributed by atoms with Gasteiger partial charge in [-0.15, -0.1) is 0 Å². The van der Waals surface area contributed by atoms with E-state index in [4.69, 9.17) is 1.37 Å². The summed E-state index contributed by atoms with van der Waals surface area (Å²) in [6.07, 6.45) is 4.46. The van der Waals surface area contributed by atoms with Crippen LogP contribution in [0.5, 0.6) is 0 Å². The summed E-state index contributed by atoms with van der Waals surface area (Å²) in [4.78, 5) is 18.1. The molecule has 3 aliphatic rings. The third-order valence-corrected chi connectivity index (χ3v) is 7.51. The average Bonchev–Trinajstić information content (AvgIpc) is 3.11. The van der Waals surface area contributed by atoms with Crippen molar-refractivity contribution in [2.45, 2.75) is 38.1 Å². The van der Waals surface area contributed by atoms with Crippen molar-refractivity contribution < 1.29 is 1.37 Å². The van der Waals surface area contributed by atoms with Crippen LogP contribution in [0, 0.1) is 5.92 Å². The molecule has 4 heterocycles. The molecular formula is C24H38N6O. The molecule has 1 aromatic carbocycles. The fraction of sp³-hybridized carbons (Fsp3) is 0.708. The quantitative estimate of drug-likeness (QED) is 0.762. The first-order valence-electron chi connectivity index (χ1n) is 12.7. The van der Waals surface area contributed by atoms with E-state index in [-0.39, 0.29) is 18.1 Å². The standard InChI is InChI=1S/C24H38N6O/c1-27-23-21(5-2-6-22(23)30(24(27)31)20-4-3-10-26-18-20)29-16-14-28(15-17-29)13-9-19-7-11-25-12-8-19/h2,5-6,19-20,25-26H,3-4,7-18H2,1H3/i9D. The third kappa shape index (κ3) is 4.28. The van der Waals surface area contributed by atoms with E-state index < -0.39 is 0 Å². The first-order valence-corrected chi connectivity index (χ1v) is 12.1. The molecule has 0 aliphatic carbocycles. The van der Waals surface area contributed by atoms with Gasteiger partial charge in [0.25, 0.3) is 0 Å². The topological polar surface area (TPSA) is 57.5 Å². The number of hydrogen-bond acceptors (Lipinski definition) is 5. The van der Waals surface area contributed by atoms with Gasteiger partial charge < -0.3 is 15.5 Å². The highest BCUT2D eigenvalue weighted by atomic mass is 16.1. The number of anilines is 1. The molecule has 0 saturated carbocycles. The number of nitrogens with zero attached hydrogens (tertiary/aromatic N) is 4. The number of piperidine rings is 2. The van der Waals surface area contributed by atoms with Gasteiger partial charge in [-0.3, -0.25) is 14.0 Å². The molecule has 0 amide bonds. The first kappa shape index (κ1) is 19.8. The summed E-state index contributed by atoms with van der Waals surface area (Å²) in [5.41, 5.74) is 3.39. The number of benzene rings is 1. The van der Waals surface area contributed by atoms with Gasteiger partial charge in [-0.1, -0.05) is 6.07 Å². The normalized spacial score (nSPS) is 25.6. The van der Waals surface area contributed by atoms with Crippen molar-refractivity contribution in [1.82, 2.24) is 24.7 Å². The lowest BCUT2D eigenvalue weighted by Crippen LogP contribution is -2.47. The summed E-state index contributed by atoms with van der Waals surface area (Å²) in [7, 11) is 1.92. The zero-order chi connectivity index (χ0) is 22.1. The number of hydrogen-bond donors (Lipinski definition) is 2. The summed E-state index contributed by atoms with van der Waals surface area (Å²) < 4.78 is 12.5. The van der Waals surface area contributed by atoms with Gasteiger partial charge in [-0.25, -0.2) is 4.79 Å². The fourth-order valence-electron chi connectivity index (χ4n) is 5.63. The van der Waals surface area contributed by atoms with Crippen molar-refractivity contribution in [3.8, 4) is 0 Å². The van der Waals surface area contributed by atoms with Crippen LogP contribution in [-0.4, -0.2) is 72.9 Å². The van der Waals surface area contributed by atoms with E-state index in [0.717, 1.165) is 95.6 Å². The second kappa shape index (κ2) is 9.35. The Balaban J connectivity index is 1.31. The van der Waals surface area contributed by atoms with Crippen LogP contribution in [0.3, 0.4) is 0 Å². The molecule has 7 nitrogen and oxygen atoms in total. The molecule has 2 N–H and O–H groups in total. The summed E-state index contributed by atoms with van der Waals surface area (Å²) in [6.45, 7) is 8.78. The Hall–Kier alpha value is -1.83. The molecule has 1 aromatic heterocycles. The van der Waals surface area contributed by atoms with Gasteiger partial charge in [-0.2, -0.15) is 0 Å². The molecule has 0 spiro atoms. The fourth-order valence-corrected chi connectivity index (χ4v) is 5.63. The number of fused-ring (bicyclic) bond motifs is 1. The van der Waals surface area contributed by atoms with Gasteiger partial charge in [0, 0.05) is 41.1 Å². The van der Waals surface area contributed by atoms with Crippen LogP contribution in [-0.2, 0) is 7.05 Å². The lowest BCUT2D eigenvalue weighted by atomic mass is 9.94. The second-order valence-corrected chi connectivity index (χ2v) is 9.47. The lowest BCUT2D eigenvalue weighted by Gasteiger charge is -2.37. The zero-order valence-electron chi connectivity index (χ0n) is 19.9. The van der Waals surface area contributed by atoms with Crippen LogP contribution in [0.15, 0.2) is 23.0 Å². The molecular weight excluding hydrogens is 388 g/mol. The molecule has 31 heavy (non-hydrogen) atoms. The van der Waals surface area contributed by atoms with E-state index in [0.29, 0.717) is 5.92 Å². The Morgan fingerprint density at radius 2 is 1.87 bits per heavy atom. The molecule has 0 radical (unpaired) electrons. The van der Waals surface area contributed by atoms with Gasteiger partial charge in [-0.05, 0) is 76.3 Å². The summed E-state index contributed by atoms with van der Waals surface area (Å²) in [5, 5.41) is 6.86. The van der Waals surface area contributed by atoms with Crippen molar-refractivity contribution >= 4 is 16.7 Å². The number of nitrogens with one attached hydrogen (secondary N) is 2.